The number of benzene rings is 4. The van der Waals surface area contributed by atoms with Crippen molar-refractivity contribution in [3.05, 3.63) is 108 Å². The summed E-state index contributed by atoms with van der Waals surface area (Å²) in [5.74, 6) is -0.551. The summed E-state index contributed by atoms with van der Waals surface area (Å²) in [6.07, 6.45) is -4.51. The van der Waals surface area contributed by atoms with Crippen molar-refractivity contribution < 1.29 is 41.4 Å². The molecule has 6 rings (SSSR count). The quantitative estimate of drug-likeness (QED) is 0.162. The number of nitrogens with zero attached hydrogens (tertiary/aromatic N) is 2. The molecule has 2 heterocycles. The van der Waals surface area contributed by atoms with Crippen LogP contribution in [0.25, 0.3) is 28.1 Å². The van der Waals surface area contributed by atoms with Gasteiger partial charge in [-0.3, -0.25) is 9.59 Å². The van der Waals surface area contributed by atoms with Gasteiger partial charge in [0.05, 0.1) is 16.8 Å². The molecular formula is C32H21F4N3O5. The van der Waals surface area contributed by atoms with E-state index in [0.29, 0.717) is 45.3 Å². The minimum Gasteiger partial charge on any atom is -0.454 e. The predicted molar refractivity (Wildman–Crippen MR) is 151 cm³/mol. The van der Waals surface area contributed by atoms with Crippen molar-refractivity contribution in [2.45, 2.75) is 13.1 Å². The number of halogens is 4. The van der Waals surface area contributed by atoms with Gasteiger partial charge in [-0.25, -0.2) is 4.39 Å². The second-order valence-corrected chi connectivity index (χ2v) is 9.69. The third-order valence-electron chi connectivity index (χ3n) is 6.71. The van der Waals surface area contributed by atoms with Crippen LogP contribution in [0.2, 0.25) is 0 Å². The standard InChI is InChI=1S/C32H21F4N3O5/c1-18(40)44-31-28(19-4-11-24(12-5-19)37-30(41)20-2-7-22(8-3-20)32(34,35)36)29(21-6-15-26-27(16-21)43-17-42-26)38-39(31)25-13-9-23(33)10-14-25/h2-16H,17H2,1H3,(H,37,41). The number of hydrogen-bond donors (Lipinski definition) is 1. The molecule has 1 aliphatic rings. The largest absolute Gasteiger partial charge is 0.454 e. The van der Waals surface area contributed by atoms with Crippen LogP contribution in [0.3, 0.4) is 0 Å². The molecular weight excluding hydrogens is 582 g/mol. The van der Waals surface area contributed by atoms with Crippen molar-refractivity contribution in [1.29, 1.82) is 0 Å². The predicted octanol–water partition coefficient (Wildman–Crippen LogP) is 7.27. The van der Waals surface area contributed by atoms with E-state index in [1.165, 1.54) is 35.9 Å². The lowest BCUT2D eigenvalue weighted by atomic mass is 10.0. The van der Waals surface area contributed by atoms with Crippen LogP contribution < -0.4 is 19.5 Å². The lowest BCUT2D eigenvalue weighted by Gasteiger charge is -2.11. The number of carbonyl (C=O) groups is 2. The second kappa shape index (κ2) is 11.2. The average molecular weight is 604 g/mol. The highest BCUT2D eigenvalue weighted by molar-refractivity contribution is 6.04. The topological polar surface area (TPSA) is 91.7 Å². The summed E-state index contributed by atoms with van der Waals surface area (Å²) >= 11 is 0. The normalized spacial score (nSPS) is 12.2. The fraction of sp³-hybridized carbons (Fsp3) is 0.0938. The van der Waals surface area contributed by atoms with Gasteiger partial charge in [0.15, 0.2) is 11.5 Å². The minimum absolute atomic E-state index is 0.0462. The number of aromatic nitrogens is 2. The van der Waals surface area contributed by atoms with Gasteiger partial charge >= 0.3 is 12.1 Å². The molecule has 1 aromatic heterocycles. The molecule has 1 amide bonds. The number of ether oxygens (including phenoxy) is 3. The number of esters is 1. The Morgan fingerprint density at radius 3 is 2.18 bits per heavy atom. The van der Waals surface area contributed by atoms with E-state index in [0.717, 1.165) is 24.3 Å². The van der Waals surface area contributed by atoms with Crippen LogP contribution in [-0.2, 0) is 11.0 Å². The Morgan fingerprint density at radius 2 is 1.52 bits per heavy atom. The molecule has 0 atom stereocenters. The van der Waals surface area contributed by atoms with E-state index in [-0.39, 0.29) is 18.2 Å². The van der Waals surface area contributed by atoms with Crippen LogP contribution in [0, 0.1) is 5.82 Å². The monoisotopic (exact) mass is 603 g/mol. The fourth-order valence-electron chi connectivity index (χ4n) is 4.63. The third-order valence-corrected chi connectivity index (χ3v) is 6.71. The molecule has 44 heavy (non-hydrogen) atoms. The molecule has 5 aromatic rings. The molecule has 0 spiro atoms. The summed E-state index contributed by atoms with van der Waals surface area (Å²) < 4.78 is 70.4. The van der Waals surface area contributed by atoms with Gasteiger partial charge in [-0.15, -0.1) is 0 Å². The van der Waals surface area contributed by atoms with Crippen LogP contribution in [-0.4, -0.2) is 28.4 Å². The number of amides is 1. The number of carbonyl (C=O) groups excluding carboxylic acids is 2. The molecule has 0 fully saturated rings. The molecule has 222 valence electrons. The van der Waals surface area contributed by atoms with Crippen molar-refractivity contribution in [2.24, 2.45) is 0 Å². The van der Waals surface area contributed by atoms with Gasteiger partial charge in [0.2, 0.25) is 12.7 Å². The smallest absolute Gasteiger partial charge is 0.416 e. The number of alkyl halides is 3. The first kappa shape index (κ1) is 28.5. The van der Waals surface area contributed by atoms with E-state index in [4.69, 9.17) is 19.3 Å². The van der Waals surface area contributed by atoms with E-state index in [1.54, 1.807) is 42.5 Å². The molecule has 0 saturated carbocycles. The highest BCUT2D eigenvalue weighted by Crippen LogP contribution is 2.44. The highest BCUT2D eigenvalue weighted by Gasteiger charge is 2.30. The summed E-state index contributed by atoms with van der Waals surface area (Å²) in [4.78, 5) is 25.0. The van der Waals surface area contributed by atoms with E-state index in [2.05, 4.69) is 5.32 Å². The first-order valence-corrected chi connectivity index (χ1v) is 13.1. The van der Waals surface area contributed by atoms with Gasteiger partial charge in [-0.05, 0) is 84.4 Å². The molecule has 0 radical (unpaired) electrons. The molecule has 1 aliphatic heterocycles. The van der Waals surface area contributed by atoms with E-state index < -0.39 is 29.4 Å². The van der Waals surface area contributed by atoms with Crippen LogP contribution in [0.4, 0.5) is 23.2 Å². The minimum atomic E-state index is -4.51. The van der Waals surface area contributed by atoms with Crippen LogP contribution in [0.15, 0.2) is 91.0 Å². The summed E-state index contributed by atoms with van der Waals surface area (Å²) in [5, 5.41) is 7.40. The van der Waals surface area contributed by atoms with Gasteiger partial charge in [0.25, 0.3) is 5.91 Å². The average Bonchev–Trinajstić information content (AvgIpc) is 3.62. The van der Waals surface area contributed by atoms with Gasteiger partial charge < -0.3 is 19.5 Å². The Kier molecular flexibility index (Phi) is 7.25. The van der Waals surface area contributed by atoms with Crippen LogP contribution >= 0.6 is 0 Å². The van der Waals surface area contributed by atoms with Gasteiger partial charge in [-0.2, -0.15) is 23.0 Å². The Hall–Kier alpha value is -5.65. The maximum absolute atomic E-state index is 13.7. The zero-order valence-corrected chi connectivity index (χ0v) is 22.8. The molecule has 8 nitrogen and oxygen atoms in total. The molecule has 0 saturated heterocycles. The van der Waals surface area contributed by atoms with Crippen molar-refractivity contribution in [3.8, 4) is 45.5 Å². The third kappa shape index (κ3) is 5.69. The summed E-state index contributed by atoms with van der Waals surface area (Å²) in [6.45, 7) is 1.31. The fourth-order valence-corrected chi connectivity index (χ4v) is 4.63. The van der Waals surface area contributed by atoms with E-state index in [9.17, 15) is 27.2 Å². The first-order chi connectivity index (χ1) is 21.1. The Labute approximate surface area is 247 Å². The number of nitrogens with one attached hydrogen (secondary N) is 1. The number of hydrogen-bond acceptors (Lipinski definition) is 6. The van der Waals surface area contributed by atoms with Crippen molar-refractivity contribution in [2.75, 3.05) is 12.1 Å². The molecule has 0 aliphatic carbocycles. The van der Waals surface area contributed by atoms with Crippen molar-refractivity contribution in [3.63, 3.8) is 0 Å². The molecule has 1 N–H and O–H groups in total. The molecule has 4 aromatic carbocycles. The highest BCUT2D eigenvalue weighted by atomic mass is 19.4. The first-order valence-electron chi connectivity index (χ1n) is 13.1. The summed E-state index contributed by atoms with van der Waals surface area (Å²) in [7, 11) is 0. The van der Waals surface area contributed by atoms with Gasteiger partial charge in [0.1, 0.15) is 11.5 Å². The number of rotatable bonds is 6. The maximum atomic E-state index is 13.7. The SMILES string of the molecule is CC(=O)Oc1c(-c2ccc(NC(=O)c3ccc(C(F)(F)F)cc3)cc2)c(-c2ccc3c(c2)OCO3)nn1-c1ccc(F)cc1. The Balaban J connectivity index is 1.40. The lowest BCUT2D eigenvalue weighted by Crippen LogP contribution is -2.12. The van der Waals surface area contributed by atoms with Crippen molar-refractivity contribution >= 4 is 17.6 Å². The van der Waals surface area contributed by atoms with Gasteiger partial charge in [-0.1, -0.05) is 12.1 Å². The summed E-state index contributed by atoms with van der Waals surface area (Å²) in [6, 6.07) is 21.1. The number of anilines is 1. The zero-order valence-electron chi connectivity index (χ0n) is 22.8. The van der Waals surface area contributed by atoms with E-state index >= 15 is 0 Å². The molecule has 0 bridgehead atoms. The molecule has 0 unspecified atom stereocenters. The van der Waals surface area contributed by atoms with Crippen LogP contribution in [0.5, 0.6) is 17.4 Å². The Morgan fingerprint density at radius 1 is 0.864 bits per heavy atom. The summed E-state index contributed by atoms with van der Waals surface area (Å²) in [5.41, 5.74) is 1.97. The van der Waals surface area contributed by atoms with Crippen LogP contribution in [0.1, 0.15) is 22.8 Å². The zero-order chi connectivity index (χ0) is 31.0. The van der Waals surface area contributed by atoms with Crippen molar-refractivity contribution in [1.82, 2.24) is 9.78 Å². The second-order valence-electron chi connectivity index (χ2n) is 9.69. The van der Waals surface area contributed by atoms with E-state index in [1.807, 2.05) is 0 Å². The Bertz CT molecular complexity index is 1870. The molecule has 12 heteroatoms. The maximum Gasteiger partial charge on any atom is 0.416 e. The van der Waals surface area contributed by atoms with Gasteiger partial charge in [0, 0.05) is 23.7 Å². The number of fused-ring (bicyclic) bond motifs is 1. The lowest BCUT2D eigenvalue weighted by molar-refractivity contribution is -0.137.